The van der Waals surface area contributed by atoms with Gasteiger partial charge in [-0.15, -0.1) is 0 Å². The number of carbonyl (C=O) groups excluding carboxylic acids is 2. The van der Waals surface area contributed by atoms with Crippen LogP contribution in [0.1, 0.15) is 29.0 Å². The van der Waals surface area contributed by atoms with Crippen molar-refractivity contribution in [3.63, 3.8) is 0 Å². The molecule has 3 heterocycles. The summed E-state index contributed by atoms with van der Waals surface area (Å²) in [6.07, 6.45) is 1.51. The second-order valence-electron chi connectivity index (χ2n) is 6.90. The van der Waals surface area contributed by atoms with E-state index in [2.05, 4.69) is 0 Å². The maximum atomic E-state index is 12.9. The molecule has 0 spiro atoms. The van der Waals surface area contributed by atoms with Crippen LogP contribution < -0.4 is 0 Å². The molecule has 25 heavy (non-hydrogen) atoms. The predicted octanol–water partition coefficient (Wildman–Crippen LogP) is 2.20. The summed E-state index contributed by atoms with van der Waals surface area (Å²) in [5, 5.41) is 0.945. The van der Waals surface area contributed by atoms with Crippen molar-refractivity contribution in [1.29, 1.82) is 0 Å². The Hall–Kier alpha value is -2.34. The first-order valence-corrected chi connectivity index (χ1v) is 8.69. The highest BCUT2D eigenvalue weighted by molar-refractivity contribution is 5.97. The third-order valence-corrected chi connectivity index (χ3v) is 5.29. The summed E-state index contributed by atoms with van der Waals surface area (Å²) in [5.74, 6) is 0.874. The smallest absolute Gasteiger partial charge is 0.253 e. The predicted molar refractivity (Wildman–Crippen MR) is 92.4 cm³/mol. The number of fused-ring (bicyclic) bond motifs is 2. The molecule has 2 amide bonds. The van der Waals surface area contributed by atoms with Crippen molar-refractivity contribution in [3.8, 4) is 0 Å². The SMILES string of the molecule is Cc1cc2cc(C(=O)N3CC[C@@H]4OCC(=O)N(C)[C@H]4CC3)ccc2o1. The normalized spacial score (nSPS) is 24.3. The van der Waals surface area contributed by atoms with Gasteiger partial charge < -0.3 is 19.0 Å². The van der Waals surface area contributed by atoms with E-state index in [4.69, 9.17) is 9.15 Å². The molecule has 6 nitrogen and oxygen atoms in total. The Labute approximate surface area is 146 Å². The minimum Gasteiger partial charge on any atom is -0.461 e. The minimum absolute atomic E-state index is 0.0134. The summed E-state index contributed by atoms with van der Waals surface area (Å²) in [6, 6.07) is 7.55. The van der Waals surface area contributed by atoms with Gasteiger partial charge in [-0.25, -0.2) is 0 Å². The topological polar surface area (TPSA) is 63.0 Å². The first-order valence-electron chi connectivity index (χ1n) is 8.69. The fourth-order valence-electron chi connectivity index (χ4n) is 3.86. The fraction of sp³-hybridized carbons (Fsp3) is 0.474. The van der Waals surface area contributed by atoms with E-state index in [1.54, 1.807) is 4.90 Å². The summed E-state index contributed by atoms with van der Waals surface area (Å²) in [6.45, 7) is 3.31. The molecule has 4 rings (SSSR count). The maximum Gasteiger partial charge on any atom is 0.253 e. The molecule has 2 aliphatic rings. The van der Waals surface area contributed by atoms with Gasteiger partial charge in [0, 0.05) is 31.1 Å². The van der Waals surface area contributed by atoms with E-state index >= 15 is 0 Å². The van der Waals surface area contributed by atoms with Gasteiger partial charge in [-0.2, -0.15) is 0 Å². The number of amides is 2. The lowest BCUT2D eigenvalue weighted by Crippen LogP contribution is -2.52. The van der Waals surface area contributed by atoms with Gasteiger partial charge in [-0.05, 0) is 44.0 Å². The molecule has 2 atom stereocenters. The van der Waals surface area contributed by atoms with E-state index in [-0.39, 0.29) is 30.6 Å². The molecular formula is C19H22N2O4. The third kappa shape index (κ3) is 2.91. The molecule has 132 valence electrons. The third-order valence-electron chi connectivity index (χ3n) is 5.29. The molecule has 2 aromatic rings. The van der Waals surface area contributed by atoms with Crippen LogP contribution in [0.2, 0.25) is 0 Å². The maximum absolute atomic E-state index is 12.9. The Bertz CT molecular complexity index is 828. The Kier molecular flexibility index (Phi) is 4.00. The van der Waals surface area contributed by atoms with Crippen LogP contribution in [0.5, 0.6) is 0 Å². The molecule has 0 bridgehead atoms. The number of benzene rings is 1. The van der Waals surface area contributed by atoms with Crippen LogP contribution in [0.4, 0.5) is 0 Å². The van der Waals surface area contributed by atoms with Crippen LogP contribution in [-0.2, 0) is 9.53 Å². The summed E-state index contributed by atoms with van der Waals surface area (Å²) in [4.78, 5) is 28.4. The van der Waals surface area contributed by atoms with E-state index in [1.165, 1.54) is 0 Å². The van der Waals surface area contributed by atoms with Crippen molar-refractivity contribution >= 4 is 22.8 Å². The first kappa shape index (κ1) is 16.1. The van der Waals surface area contributed by atoms with Crippen molar-refractivity contribution in [2.75, 3.05) is 26.7 Å². The Morgan fingerprint density at radius 3 is 2.84 bits per heavy atom. The highest BCUT2D eigenvalue weighted by atomic mass is 16.5. The van der Waals surface area contributed by atoms with Crippen LogP contribution >= 0.6 is 0 Å². The molecule has 0 unspecified atom stereocenters. The van der Waals surface area contributed by atoms with Gasteiger partial charge in [0.15, 0.2) is 0 Å². The van der Waals surface area contributed by atoms with Crippen LogP contribution in [0, 0.1) is 6.92 Å². The monoisotopic (exact) mass is 342 g/mol. The molecule has 2 aliphatic heterocycles. The largest absolute Gasteiger partial charge is 0.461 e. The average molecular weight is 342 g/mol. The average Bonchev–Trinajstić information content (AvgIpc) is 2.83. The minimum atomic E-state index is 0.0134. The van der Waals surface area contributed by atoms with Crippen LogP contribution in [0.15, 0.2) is 28.7 Å². The Morgan fingerprint density at radius 2 is 2.00 bits per heavy atom. The second-order valence-corrected chi connectivity index (χ2v) is 6.90. The molecule has 1 aromatic heterocycles. The number of ether oxygens (including phenoxy) is 1. The number of hydrogen-bond acceptors (Lipinski definition) is 4. The van der Waals surface area contributed by atoms with Crippen molar-refractivity contribution in [3.05, 3.63) is 35.6 Å². The highest BCUT2D eigenvalue weighted by Crippen LogP contribution is 2.25. The number of carbonyl (C=O) groups is 2. The van der Waals surface area contributed by atoms with Crippen molar-refractivity contribution in [1.82, 2.24) is 9.80 Å². The van der Waals surface area contributed by atoms with Gasteiger partial charge in [-0.1, -0.05) is 0 Å². The Morgan fingerprint density at radius 1 is 1.20 bits per heavy atom. The number of morpholine rings is 1. The fourth-order valence-corrected chi connectivity index (χ4v) is 3.86. The van der Waals surface area contributed by atoms with Gasteiger partial charge in [0.1, 0.15) is 18.0 Å². The number of nitrogens with zero attached hydrogens (tertiary/aromatic N) is 2. The Balaban J connectivity index is 1.52. The molecule has 0 N–H and O–H groups in total. The second kappa shape index (κ2) is 6.19. The number of likely N-dealkylation sites (N-methyl/N-ethyl adjacent to an activating group) is 1. The summed E-state index contributed by atoms with van der Waals surface area (Å²) >= 11 is 0. The van der Waals surface area contributed by atoms with E-state index in [0.717, 1.165) is 29.6 Å². The van der Waals surface area contributed by atoms with Crippen molar-refractivity contribution in [2.45, 2.75) is 31.9 Å². The standard InChI is InChI=1S/C19H22N2O4/c1-12-9-14-10-13(3-4-16(14)25-12)19(23)21-7-5-15-17(6-8-21)24-11-18(22)20(15)2/h3-4,9-10,15,17H,5-8,11H2,1-2H3/t15-,17-/m0/s1. The number of likely N-dealkylation sites (tertiary alicyclic amines) is 1. The molecule has 0 radical (unpaired) electrons. The molecule has 6 heteroatoms. The van der Waals surface area contributed by atoms with Gasteiger partial charge in [0.25, 0.3) is 5.91 Å². The lowest BCUT2D eigenvalue weighted by Gasteiger charge is -2.37. The van der Waals surface area contributed by atoms with Gasteiger partial charge in [0.2, 0.25) is 5.91 Å². The van der Waals surface area contributed by atoms with E-state index in [0.29, 0.717) is 18.7 Å². The summed E-state index contributed by atoms with van der Waals surface area (Å²) in [7, 11) is 1.83. The van der Waals surface area contributed by atoms with E-state index in [1.807, 2.05) is 43.1 Å². The number of rotatable bonds is 1. The van der Waals surface area contributed by atoms with Gasteiger partial charge >= 0.3 is 0 Å². The number of hydrogen-bond donors (Lipinski definition) is 0. The van der Waals surface area contributed by atoms with Crippen LogP contribution in [-0.4, -0.2) is 60.5 Å². The lowest BCUT2D eigenvalue weighted by atomic mass is 10.0. The van der Waals surface area contributed by atoms with Crippen molar-refractivity contribution < 1.29 is 18.7 Å². The first-order chi connectivity index (χ1) is 12.0. The zero-order chi connectivity index (χ0) is 17.6. The van der Waals surface area contributed by atoms with Crippen molar-refractivity contribution in [2.24, 2.45) is 0 Å². The lowest BCUT2D eigenvalue weighted by molar-refractivity contribution is -0.154. The van der Waals surface area contributed by atoms with Crippen LogP contribution in [0.3, 0.4) is 0 Å². The quantitative estimate of drug-likeness (QED) is 0.797. The summed E-state index contributed by atoms with van der Waals surface area (Å²) in [5.41, 5.74) is 1.47. The molecular weight excluding hydrogens is 320 g/mol. The van der Waals surface area contributed by atoms with Gasteiger partial charge in [0.05, 0.1) is 12.1 Å². The zero-order valence-corrected chi connectivity index (χ0v) is 14.5. The molecule has 0 saturated carbocycles. The molecule has 2 fully saturated rings. The number of furan rings is 1. The molecule has 0 aliphatic carbocycles. The van der Waals surface area contributed by atoms with E-state index < -0.39 is 0 Å². The molecule has 1 aromatic carbocycles. The van der Waals surface area contributed by atoms with Crippen LogP contribution in [0.25, 0.3) is 11.0 Å². The summed E-state index contributed by atoms with van der Waals surface area (Å²) < 4.78 is 11.3. The highest BCUT2D eigenvalue weighted by Gasteiger charge is 2.37. The van der Waals surface area contributed by atoms with E-state index in [9.17, 15) is 9.59 Å². The zero-order valence-electron chi connectivity index (χ0n) is 14.5. The number of aryl methyl sites for hydroxylation is 1. The molecule has 2 saturated heterocycles. The van der Waals surface area contributed by atoms with Gasteiger partial charge in [-0.3, -0.25) is 9.59 Å².